The van der Waals surface area contributed by atoms with Crippen LogP contribution in [0.2, 0.25) is 0 Å². The molecule has 2 aromatic heterocycles. The van der Waals surface area contributed by atoms with Crippen molar-refractivity contribution in [1.82, 2.24) is 24.8 Å². The van der Waals surface area contributed by atoms with Crippen molar-refractivity contribution in [2.24, 2.45) is 0 Å². The van der Waals surface area contributed by atoms with Crippen molar-refractivity contribution in [3.05, 3.63) is 77.3 Å². The Morgan fingerprint density at radius 3 is 2.43 bits per heavy atom. The van der Waals surface area contributed by atoms with E-state index in [0.717, 1.165) is 5.57 Å². The third-order valence-corrected chi connectivity index (χ3v) is 5.31. The van der Waals surface area contributed by atoms with Gasteiger partial charge in [-0.2, -0.15) is 4.80 Å². The predicted molar refractivity (Wildman–Crippen MR) is 122 cm³/mol. The maximum absolute atomic E-state index is 13.5. The maximum Gasteiger partial charge on any atom is 0.573 e. The Balaban J connectivity index is 1.82. The molecule has 35 heavy (non-hydrogen) atoms. The molecule has 2 aromatic carbocycles. The quantitative estimate of drug-likeness (QED) is 0.266. The summed E-state index contributed by atoms with van der Waals surface area (Å²) in [5.74, 6) is 0.249. The Kier molecular flexibility index (Phi) is 6.33. The van der Waals surface area contributed by atoms with Gasteiger partial charge in [0.15, 0.2) is 11.6 Å². The van der Waals surface area contributed by atoms with Gasteiger partial charge in [0, 0.05) is 22.7 Å². The van der Waals surface area contributed by atoms with Crippen LogP contribution in [0.1, 0.15) is 34.4 Å². The summed E-state index contributed by atoms with van der Waals surface area (Å²) in [6.45, 7) is 7.83. The molecule has 0 spiro atoms. The van der Waals surface area contributed by atoms with E-state index in [0.29, 0.717) is 45.8 Å². The number of nitrogens with zero attached hydrogens (tertiary/aromatic N) is 5. The molecule has 0 bridgehead atoms. The minimum atomic E-state index is -4.85. The van der Waals surface area contributed by atoms with Crippen molar-refractivity contribution < 1.29 is 27.4 Å². The number of fused-ring (bicyclic) bond motifs is 1. The Labute approximate surface area is 198 Å². The van der Waals surface area contributed by atoms with Crippen molar-refractivity contribution in [1.29, 1.82) is 0 Å². The molecule has 4 aromatic rings. The monoisotopic (exact) mass is 485 g/mol. The lowest BCUT2D eigenvalue weighted by atomic mass is 10.0. The van der Waals surface area contributed by atoms with Crippen LogP contribution in [0.4, 0.5) is 13.2 Å². The van der Waals surface area contributed by atoms with E-state index in [2.05, 4.69) is 26.7 Å². The molecule has 0 saturated heterocycles. The van der Waals surface area contributed by atoms with Crippen molar-refractivity contribution >= 4 is 16.7 Å². The van der Waals surface area contributed by atoms with Gasteiger partial charge in [-0.25, -0.2) is 0 Å². The van der Waals surface area contributed by atoms with Crippen LogP contribution in [0.25, 0.3) is 10.9 Å². The molecule has 0 unspecified atom stereocenters. The van der Waals surface area contributed by atoms with E-state index in [1.807, 2.05) is 6.92 Å². The van der Waals surface area contributed by atoms with Crippen molar-refractivity contribution in [2.45, 2.75) is 33.3 Å². The number of ketones is 1. The molecule has 8 nitrogen and oxygen atoms in total. The fraction of sp³-hybridized carbons (Fsp3) is 0.250. The number of aromatic nitrogens is 5. The lowest BCUT2D eigenvalue weighted by molar-refractivity contribution is -0.274. The normalized spacial score (nSPS) is 11.6. The van der Waals surface area contributed by atoms with Crippen LogP contribution in [0.3, 0.4) is 0 Å². The minimum absolute atomic E-state index is 0.0872. The second-order valence-electron chi connectivity index (χ2n) is 8.02. The van der Waals surface area contributed by atoms with Crippen molar-refractivity contribution in [3.63, 3.8) is 0 Å². The second-order valence-corrected chi connectivity index (χ2v) is 8.02. The molecule has 0 aliphatic rings. The van der Waals surface area contributed by atoms with Crippen LogP contribution in [0.5, 0.6) is 11.5 Å². The number of hydrogen-bond donors (Lipinski definition) is 0. The highest BCUT2D eigenvalue weighted by Crippen LogP contribution is 2.33. The van der Waals surface area contributed by atoms with E-state index >= 15 is 0 Å². The predicted octanol–water partition coefficient (Wildman–Crippen LogP) is 4.70. The van der Waals surface area contributed by atoms with E-state index in [4.69, 9.17) is 4.74 Å². The Morgan fingerprint density at radius 1 is 1.11 bits per heavy atom. The molecule has 0 radical (unpaired) electrons. The summed E-state index contributed by atoms with van der Waals surface area (Å²) in [6.07, 6.45) is -4.85. The van der Waals surface area contributed by atoms with Gasteiger partial charge in [0.2, 0.25) is 0 Å². The average Bonchev–Trinajstić information content (AvgIpc) is 3.33. The molecule has 182 valence electrons. The van der Waals surface area contributed by atoms with E-state index in [1.165, 1.54) is 30.1 Å². The van der Waals surface area contributed by atoms with E-state index in [-0.39, 0.29) is 12.3 Å². The van der Waals surface area contributed by atoms with Crippen LogP contribution in [0, 0.1) is 6.92 Å². The van der Waals surface area contributed by atoms with Crippen LogP contribution >= 0.6 is 0 Å². The number of ether oxygens (including phenoxy) is 2. The van der Waals surface area contributed by atoms with Gasteiger partial charge in [-0.1, -0.05) is 12.2 Å². The number of methoxy groups -OCH3 is 1. The lowest BCUT2D eigenvalue weighted by Crippen LogP contribution is -2.17. The summed E-state index contributed by atoms with van der Waals surface area (Å²) in [6, 6.07) is 10.5. The molecule has 0 aliphatic heterocycles. The summed E-state index contributed by atoms with van der Waals surface area (Å²) >= 11 is 0. The van der Waals surface area contributed by atoms with Crippen LogP contribution in [-0.4, -0.2) is 44.0 Å². The average molecular weight is 485 g/mol. The van der Waals surface area contributed by atoms with Crippen LogP contribution < -0.4 is 9.47 Å². The minimum Gasteiger partial charge on any atom is -0.497 e. The Bertz CT molecular complexity index is 1400. The summed E-state index contributed by atoms with van der Waals surface area (Å²) in [7, 11) is 1.52. The zero-order valence-corrected chi connectivity index (χ0v) is 19.3. The standard InChI is InChI=1S/C24H22F3N5O3/c1-14(2)12-32-29-21(28-30-32)13-31-15(3)22(23(33)16-5-7-17(34-4)8-6-16)19-10-9-18(11-20(19)31)35-24(25,26)27/h5-11H,1,12-13H2,2-4H3. The van der Waals surface area contributed by atoms with Gasteiger partial charge in [0.1, 0.15) is 11.5 Å². The first kappa shape index (κ1) is 24.0. The smallest absolute Gasteiger partial charge is 0.497 e. The first-order valence-corrected chi connectivity index (χ1v) is 10.5. The van der Waals surface area contributed by atoms with Crippen LogP contribution in [-0.2, 0) is 13.1 Å². The maximum atomic E-state index is 13.5. The summed E-state index contributed by atoms with van der Waals surface area (Å²) in [5.41, 5.74) is 2.52. The highest BCUT2D eigenvalue weighted by atomic mass is 19.4. The molecular formula is C24H22F3N5O3. The number of alkyl halides is 3. The molecule has 0 saturated carbocycles. The van der Waals surface area contributed by atoms with Gasteiger partial charge in [-0.15, -0.1) is 23.4 Å². The number of halogens is 3. The number of rotatable bonds is 8. The molecule has 4 rings (SSSR count). The number of benzene rings is 2. The number of carbonyl (C=O) groups is 1. The highest BCUT2D eigenvalue weighted by molar-refractivity contribution is 6.17. The van der Waals surface area contributed by atoms with E-state index in [1.54, 1.807) is 35.8 Å². The number of carbonyl (C=O) groups excluding carboxylic acids is 1. The molecule has 2 heterocycles. The van der Waals surface area contributed by atoms with Crippen LogP contribution in [0.15, 0.2) is 54.6 Å². The first-order chi connectivity index (χ1) is 16.6. The summed E-state index contributed by atoms with van der Waals surface area (Å²) in [5, 5.41) is 12.8. The van der Waals surface area contributed by atoms with E-state index in [9.17, 15) is 18.0 Å². The highest BCUT2D eigenvalue weighted by Gasteiger charge is 2.32. The zero-order chi connectivity index (χ0) is 25.3. The summed E-state index contributed by atoms with van der Waals surface area (Å²) < 4.78 is 49.5. The largest absolute Gasteiger partial charge is 0.573 e. The van der Waals surface area contributed by atoms with Gasteiger partial charge in [-0.05, 0) is 55.5 Å². The van der Waals surface area contributed by atoms with Gasteiger partial charge >= 0.3 is 6.36 Å². The topological polar surface area (TPSA) is 84.1 Å². The molecule has 0 atom stereocenters. The lowest BCUT2D eigenvalue weighted by Gasteiger charge is -2.10. The van der Waals surface area contributed by atoms with E-state index < -0.39 is 12.1 Å². The number of hydrogen-bond acceptors (Lipinski definition) is 6. The Hall–Kier alpha value is -4.15. The number of allylic oxidation sites excluding steroid dienone is 1. The molecule has 11 heteroatoms. The molecule has 0 fully saturated rings. The van der Waals surface area contributed by atoms with Gasteiger partial charge in [0.05, 0.1) is 31.3 Å². The number of tetrazole rings is 1. The SMILES string of the molecule is C=C(C)Cn1nnc(Cn2c(C)c(C(=O)c3ccc(OC)cc3)c3ccc(OC(F)(F)F)cc32)n1. The Morgan fingerprint density at radius 2 is 1.80 bits per heavy atom. The third-order valence-electron chi connectivity index (χ3n) is 5.31. The zero-order valence-electron chi connectivity index (χ0n) is 19.3. The van der Waals surface area contributed by atoms with Gasteiger partial charge < -0.3 is 14.0 Å². The van der Waals surface area contributed by atoms with Gasteiger partial charge in [-0.3, -0.25) is 4.79 Å². The van der Waals surface area contributed by atoms with Crippen molar-refractivity contribution in [2.75, 3.05) is 7.11 Å². The fourth-order valence-corrected chi connectivity index (χ4v) is 3.82. The molecular weight excluding hydrogens is 463 g/mol. The summed E-state index contributed by atoms with van der Waals surface area (Å²) in [4.78, 5) is 14.8. The second kappa shape index (κ2) is 9.24. The third kappa shape index (κ3) is 5.18. The van der Waals surface area contributed by atoms with Crippen molar-refractivity contribution in [3.8, 4) is 11.5 Å². The molecule has 0 aliphatic carbocycles. The van der Waals surface area contributed by atoms with Gasteiger partial charge in [0.25, 0.3) is 0 Å². The first-order valence-electron chi connectivity index (χ1n) is 10.5. The fourth-order valence-electron chi connectivity index (χ4n) is 3.82. The molecule has 0 amide bonds. The molecule has 0 N–H and O–H groups in total.